The standard InChI is InChI=1S/C25H18F5N5O2S.C7H12FN/c1-36-24-33-20-13(23(34-24)35-6-10-8-37-9-11(10)7-35)4-15(25(28,29)30)18(19(20)27)12-2-3-16(26)21-17(12)14(5-31)22(32)38-21;8-6-4-7-2-1-3-9(7)5-6/h2-4,10-11H,6-9,32H2,1H3;6-7H,1-5H2. The van der Waals surface area contributed by atoms with Gasteiger partial charge in [-0.1, -0.05) is 6.07 Å². The van der Waals surface area contributed by atoms with Crippen molar-refractivity contribution < 1.29 is 35.8 Å². The number of aromatic nitrogens is 2. The summed E-state index contributed by atoms with van der Waals surface area (Å²) >= 11 is 0.709. The summed E-state index contributed by atoms with van der Waals surface area (Å²) in [7, 11) is 1.28. The molecule has 8 nitrogen and oxygen atoms in total. The highest BCUT2D eigenvalue weighted by atomic mass is 32.1. The van der Waals surface area contributed by atoms with Crippen molar-refractivity contribution in [2.75, 3.05) is 57.1 Å². The Morgan fingerprint density at radius 3 is 2.53 bits per heavy atom. The monoisotopic (exact) mass is 676 g/mol. The summed E-state index contributed by atoms with van der Waals surface area (Å²) in [6, 6.07) is 4.96. The van der Waals surface area contributed by atoms with Crippen LogP contribution >= 0.6 is 11.3 Å². The van der Waals surface area contributed by atoms with Gasteiger partial charge in [-0.3, -0.25) is 4.90 Å². The maximum atomic E-state index is 16.3. The molecule has 2 N–H and O–H groups in total. The van der Waals surface area contributed by atoms with Gasteiger partial charge in [0.1, 0.15) is 34.4 Å². The summed E-state index contributed by atoms with van der Waals surface area (Å²) < 4.78 is 97.6. The first-order chi connectivity index (χ1) is 22.5. The van der Waals surface area contributed by atoms with E-state index in [0.717, 1.165) is 31.2 Å². The fourth-order valence-electron chi connectivity index (χ4n) is 7.41. The van der Waals surface area contributed by atoms with Crippen LogP contribution in [0.4, 0.5) is 37.2 Å². The average molecular weight is 677 g/mol. The third-order valence-corrected chi connectivity index (χ3v) is 10.6. The first kappa shape index (κ1) is 31.7. The lowest BCUT2D eigenvalue weighted by atomic mass is 9.92. The van der Waals surface area contributed by atoms with Crippen LogP contribution in [0.5, 0.6) is 6.01 Å². The number of ether oxygens (including phenoxy) is 2. The van der Waals surface area contributed by atoms with Gasteiger partial charge in [0.2, 0.25) is 0 Å². The molecule has 4 aromatic rings. The molecule has 0 radical (unpaired) electrons. The number of nitriles is 1. The van der Waals surface area contributed by atoms with Crippen LogP contribution in [0.2, 0.25) is 0 Å². The van der Waals surface area contributed by atoms with Crippen LogP contribution < -0.4 is 15.4 Å². The van der Waals surface area contributed by atoms with Crippen LogP contribution in [0.1, 0.15) is 30.4 Å². The van der Waals surface area contributed by atoms with Gasteiger partial charge in [-0.05, 0) is 43.5 Å². The van der Waals surface area contributed by atoms with E-state index < -0.39 is 35.1 Å². The Labute approximate surface area is 269 Å². The predicted molar refractivity (Wildman–Crippen MR) is 165 cm³/mol. The van der Waals surface area contributed by atoms with Gasteiger partial charge in [0.05, 0.1) is 36.2 Å². The number of fused-ring (bicyclic) bond motifs is 4. The molecule has 0 aliphatic carbocycles. The van der Waals surface area contributed by atoms with Crippen molar-refractivity contribution >= 4 is 43.1 Å². The number of anilines is 2. The van der Waals surface area contributed by atoms with E-state index in [1.165, 1.54) is 20.0 Å². The molecule has 0 bridgehead atoms. The lowest BCUT2D eigenvalue weighted by Crippen LogP contribution is -2.24. The van der Waals surface area contributed by atoms with Gasteiger partial charge in [-0.25, -0.2) is 13.2 Å². The van der Waals surface area contributed by atoms with Gasteiger partial charge in [0.15, 0.2) is 5.82 Å². The molecule has 4 unspecified atom stereocenters. The number of methoxy groups -OCH3 is 1. The molecular weight excluding hydrogens is 646 g/mol. The zero-order valence-electron chi connectivity index (χ0n) is 25.2. The first-order valence-electron chi connectivity index (χ1n) is 15.3. The number of benzene rings is 2. The van der Waals surface area contributed by atoms with Crippen molar-refractivity contribution in [2.45, 2.75) is 37.7 Å². The topological polar surface area (TPSA) is 101 Å². The third-order valence-electron chi connectivity index (χ3n) is 9.58. The van der Waals surface area contributed by atoms with Gasteiger partial charge < -0.3 is 20.1 Å². The highest BCUT2D eigenvalue weighted by Gasteiger charge is 2.41. The van der Waals surface area contributed by atoms with Crippen LogP contribution in [0.15, 0.2) is 18.2 Å². The predicted octanol–water partition coefficient (Wildman–Crippen LogP) is 6.55. The Balaban J connectivity index is 0.000000334. The average Bonchev–Trinajstić information content (AvgIpc) is 3.84. The molecule has 4 aliphatic heterocycles. The Bertz CT molecular complexity index is 1890. The number of nitrogens with zero attached hydrogens (tertiary/aromatic N) is 5. The molecule has 0 saturated carbocycles. The zero-order chi connectivity index (χ0) is 33.2. The minimum atomic E-state index is -5.01. The van der Waals surface area contributed by atoms with E-state index in [2.05, 4.69) is 14.9 Å². The lowest BCUT2D eigenvalue weighted by Gasteiger charge is -2.23. The van der Waals surface area contributed by atoms with Gasteiger partial charge in [0, 0.05) is 53.8 Å². The van der Waals surface area contributed by atoms with Crippen LogP contribution in [0, 0.1) is 34.8 Å². The minimum absolute atomic E-state index is 0.0848. The highest BCUT2D eigenvalue weighted by molar-refractivity contribution is 7.23. The quantitative estimate of drug-likeness (QED) is 0.244. The lowest BCUT2D eigenvalue weighted by molar-refractivity contribution is -0.137. The highest BCUT2D eigenvalue weighted by Crippen LogP contribution is 2.48. The Hall–Kier alpha value is -3.87. The van der Waals surface area contributed by atoms with Crippen LogP contribution in [0.3, 0.4) is 0 Å². The number of hydrogen-bond acceptors (Lipinski definition) is 9. The number of thiophene rings is 1. The van der Waals surface area contributed by atoms with Crippen LogP contribution in [-0.2, 0) is 10.9 Å². The Kier molecular flexibility index (Phi) is 8.08. The fourth-order valence-corrected chi connectivity index (χ4v) is 8.36. The van der Waals surface area contributed by atoms with Crippen molar-refractivity contribution in [1.29, 1.82) is 5.26 Å². The Morgan fingerprint density at radius 1 is 1.13 bits per heavy atom. The summed E-state index contributed by atoms with van der Waals surface area (Å²) in [5.74, 6) is -1.59. The summed E-state index contributed by atoms with van der Waals surface area (Å²) in [6.45, 7) is 3.86. The summed E-state index contributed by atoms with van der Waals surface area (Å²) in [4.78, 5) is 12.4. The Morgan fingerprint density at radius 2 is 1.87 bits per heavy atom. The molecule has 2 aromatic heterocycles. The minimum Gasteiger partial charge on any atom is -0.467 e. The number of rotatable bonds is 3. The van der Waals surface area contributed by atoms with Crippen molar-refractivity contribution in [3.63, 3.8) is 0 Å². The van der Waals surface area contributed by atoms with Crippen LogP contribution in [-0.4, -0.2) is 73.6 Å². The largest absolute Gasteiger partial charge is 0.467 e. The maximum absolute atomic E-state index is 16.3. The first-order valence-corrected chi connectivity index (χ1v) is 16.1. The van der Waals surface area contributed by atoms with Crippen molar-refractivity contribution in [1.82, 2.24) is 14.9 Å². The fraction of sp³-hybridized carbons (Fsp3) is 0.469. The van der Waals surface area contributed by atoms with E-state index >= 15 is 4.39 Å². The molecule has 2 aromatic carbocycles. The number of nitrogen functional groups attached to an aromatic ring is 1. The second kappa shape index (κ2) is 12.0. The number of nitrogens with two attached hydrogens (primary N) is 1. The molecule has 0 spiro atoms. The van der Waals surface area contributed by atoms with Gasteiger partial charge >= 0.3 is 12.2 Å². The van der Waals surface area contributed by atoms with Crippen molar-refractivity contribution in [3.05, 3.63) is 41.0 Å². The summed E-state index contributed by atoms with van der Waals surface area (Å²) in [6.07, 6.45) is -2.20. The second-order valence-electron chi connectivity index (χ2n) is 12.4. The molecule has 248 valence electrons. The summed E-state index contributed by atoms with van der Waals surface area (Å²) in [5, 5.41) is 9.21. The van der Waals surface area contributed by atoms with E-state index in [-0.39, 0.29) is 60.8 Å². The van der Waals surface area contributed by atoms with Gasteiger partial charge in [-0.2, -0.15) is 28.4 Å². The molecule has 15 heteroatoms. The number of alkyl halides is 4. The van der Waals surface area contributed by atoms with E-state index in [1.807, 2.05) is 0 Å². The smallest absolute Gasteiger partial charge is 0.417 e. The molecular formula is C32H30F6N6O2S. The van der Waals surface area contributed by atoms with Crippen molar-refractivity contribution in [2.24, 2.45) is 11.8 Å². The molecule has 4 aliphatic rings. The third kappa shape index (κ3) is 5.49. The molecule has 8 rings (SSSR count). The molecule has 47 heavy (non-hydrogen) atoms. The second-order valence-corrected chi connectivity index (χ2v) is 13.4. The van der Waals surface area contributed by atoms with E-state index in [0.29, 0.717) is 50.2 Å². The molecule has 4 saturated heterocycles. The number of halogens is 6. The van der Waals surface area contributed by atoms with Crippen LogP contribution in [0.25, 0.3) is 32.1 Å². The SMILES string of the molecule is COc1nc(N2CC3COCC3C2)c2cc(C(F)(F)F)c(-c3ccc(F)c4sc(N)c(C#N)c34)c(F)c2n1.FC1CC2CCCN2C1. The molecule has 0 amide bonds. The van der Waals surface area contributed by atoms with Gasteiger partial charge in [0.25, 0.3) is 0 Å². The molecule has 4 fully saturated rings. The summed E-state index contributed by atoms with van der Waals surface area (Å²) in [5.41, 5.74) is 2.77. The molecule has 4 atom stereocenters. The van der Waals surface area contributed by atoms with E-state index in [1.54, 1.807) is 11.0 Å². The maximum Gasteiger partial charge on any atom is 0.417 e. The zero-order valence-corrected chi connectivity index (χ0v) is 26.0. The molecule has 6 heterocycles. The van der Waals surface area contributed by atoms with E-state index in [9.17, 15) is 27.2 Å². The van der Waals surface area contributed by atoms with Crippen molar-refractivity contribution in [3.8, 4) is 23.2 Å². The normalized spacial score (nSPS) is 24.0. The van der Waals surface area contributed by atoms with E-state index in [4.69, 9.17) is 15.2 Å². The van der Waals surface area contributed by atoms with Gasteiger partial charge in [-0.15, -0.1) is 11.3 Å². The number of hydrogen-bond donors (Lipinski definition) is 1.